The summed E-state index contributed by atoms with van der Waals surface area (Å²) in [6.07, 6.45) is 0.474. The van der Waals surface area contributed by atoms with Gasteiger partial charge in [-0.25, -0.2) is 14.0 Å². The van der Waals surface area contributed by atoms with Crippen molar-refractivity contribution in [1.82, 2.24) is 0 Å². The van der Waals surface area contributed by atoms with E-state index in [-0.39, 0.29) is 17.9 Å². The van der Waals surface area contributed by atoms with Gasteiger partial charge < -0.3 is 9.84 Å². The van der Waals surface area contributed by atoms with Crippen LogP contribution in [0.3, 0.4) is 0 Å². The van der Waals surface area contributed by atoms with Crippen molar-refractivity contribution in [3.63, 3.8) is 0 Å². The average molecular weight is 239 g/mol. The number of hydrogen-bond donors (Lipinski definition) is 2. The van der Waals surface area contributed by atoms with Crippen molar-refractivity contribution in [3.05, 3.63) is 42.2 Å². The normalized spacial score (nSPS) is 9.47. The highest BCUT2D eigenvalue weighted by atomic mass is 19.1. The van der Waals surface area contributed by atoms with Crippen LogP contribution in [0.15, 0.2) is 30.9 Å². The van der Waals surface area contributed by atoms with E-state index < -0.39 is 17.9 Å². The predicted molar refractivity (Wildman–Crippen MR) is 58.5 cm³/mol. The van der Waals surface area contributed by atoms with E-state index in [0.717, 1.165) is 18.2 Å². The number of aromatic carboxylic acids is 1. The van der Waals surface area contributed by atoms with Crippen molar-refractivity contribution in [2.45, 2.75) is 0 Å². The highest BCUT2D eigenvalue weighted by molar-refractivity contribution is 5.98. The first-order valence-corrected chi connectivity index (χ1v) is 4.62. The van der Waals surface area contributed by atoms with Gasteiger partial charge in [0.15, 0.2) is 0 Å². The number of amides is 1. The van der Waals surface area contributed by atoms with Crippen LogP contribution in [0.5, 0.6) is 0 Å². The second kappa shape index (κ2) is 5.64. The Bertz CT molecular complexity index is 459. The van der Waals surface area contributed by atoms with E-state index in [9.17, 15) is 14.0 Å². The summed E-state index contributed by atoms with van der Waals surface area (Å²) < 4.78 is 17.5. The highest BCUT2D eigenvalue weighted by Gasteiger charge is 2.13. The minimum Gasteiger partial charge on any atom is -0.478 e. The molecule has 0 aliphatic rings. The largest absolute Gasteiger partial charge is 0.478 e. The van der Waals surface area contributed by atoms with E-state index in [1.54, 1.807) is 0 Å². The number of carbonyl (C=O) groups is 2. The monoisotopic (exact) mass is 239 g/mol. The van der Waals surface area contributed by atoms with Crippen LogP contribution in [-0.2, 0) is 4.74 Å². The molecular formula is C11H10FNO4. The van der Waals surface area contributed by atoms with Crippen LogP contribution in [0.1, 0.15) is 10.4 Å². The molecule has 0 radical (unpaired) electrons. The van der Waals surface area contributed by atoms with Crippen molar-refractivity contribution in [2.75, 3.05) is 11.9 Å². The lowest BCUT2D eigenvalue weighted by Crippen LogP contribution is -2.16. The second-order valence-corrected chi connectivity index (χ2v) is 3.01. The third kappa shape index (κ3) is 3.60. The van der Waals surface area contributed by atoms with Crippen molar-refractivity contribution in [3.8, 4) is 0 Å². The minimum atomic E-state index is -1.27. The van der Waals surface area contributed by atoms with Crippen molar-refractivity contribution in [2.24, 2.45) is 0 Å². The molecule has 0 saturated heterocycles. The molecule has 5 nitrogen and oxygen atoms in total. The lowest BCUT2D eigenvalue weighted by molar-refractivity contribution is 0.0698. The molecule has 0 heterocycles. The van der Waals surface area contributed by atoms with Crippen LogP contribution >= 0.6 is 0 Å². The fourth-order valence-electron chi connectivity index (χ4n) is 1.09. The summed E-state index contributed by atoms with van der Waals surface area (Å²) in [5.74, 6) is -1.93. The Morgan fingerprint density at radius 1 is 1.53 bits per heavy atom. The van der Waals surface area contributed by atoms with Gasteiger partial charge in [-0.1, -0.05) is 12.7 Å². The second-order valence-electron chi connectivity index (χ2n) is 3.01. The molecule has 0 unspecified atom stereocenters. The van der Waals surface area contributed by atoms with Crippen molar-refractivity contribution in [1.29, 1.82) is 0 Å². The molecule has 6 heteroatoms. The molecule has 1 aromatic rings. The number of nitrogens with one attached hydrogen (secondary N) is 1. The smallest absolute Gasteiger partial charge is 0.411 e. The molecule has 0 aliphatic carbocycles. The summed E-state index contributed by atoms with van der Waals surface area (Å²) in [6, 6.07) is 2.95. The van der Waals surface area contributed by atoms with E-state index in [1.807, 2.05) is 0 Å². The molecule has 1 rings (SSSR count). The quantitative estimate of drug-likeness (QED) is 0.790. The summed E-state index contributed by atoms with van der Waals surface area (Å²) in [6.45, 7) is 3.32. The van der Waals surface area contributed by atoms with Gasteiger partial charge in [-0.2, -0.15) is 0 Å². The summed E-state index contributed by atoms with van der Waals surface area (Å²) in [7, 11) is 0. The van der Waals surface area contributed by atoms with Gasteiger partial charge in [-0.05, 0) is 18.2 Å². The topological polar surface area (TPSA) is 75.6 Å². The maximum absolute atomic E-state index is 12.9. The molecule has 1 aromatic carbocycles. The van der Waals surface area contributed by atoms with E-state index in [4.69, 9.17) is 5.11 Å². The lowest BCUT2D eigenvalue weighted by atomic mass is 10.2. The number of carboxylic acids is 1. The van der Waals surface area contributed by atoms with Gasteiger partial charge in [-0.3, -0.25) is 5.32 Å². The number of rotatable bonds is 4. The van der Waals surface area contributed by atoms with Gasteiger partial charge in [-0.15, -0.1) is 0 Å². The standard InChI is InChI=1S/C11H10FNO4/c1-2-5-17-11(16)13-9-6-7(12)3-4-8(9)10(14)15/h2-4,6H,1,5H2,(H,13,16)(H,14,15). The minimum absolute atomic E-state index is 0.0243. The lowest BCUT2D eigenvalue weighted by Gasteiger charge is -2.08. The summed E-state index contributed by atoms with van der Waals surface area (Å²) in [5, 5.41) is 11.0. The Kier molecular flexibility index (Phi) is 4.21. The molecular weight excluding hydrogens is 229 g/mol. The first kappa shape index (κ1) is 12.7. The number of benzene rings is 1. The van der Waals surface area contributed by atoms with Crippen LogP contribution in [0.25, 0.3) is 0 Å². The zero-order chi connectivity index (χ0) is 12.8. The number of anilines is 1. The molecule has 2 N–H and O–H groups in total. The molecule has 0 atom stereocenters. The molecule has 0 aromatic heterocycles. The molecule has 0 bridgehead atoms. The molecule has 0 spiro atoms. The number of hydrogen-bond acceptors (Lipinski definition) is 3. The zero-order valence-electron chi connectivity index (χ0n) is 8.77. The number of carbonyl (C=O) groups excluding carboxylic acids is 1. The van der Waals surface area contributed by atoms with E-state index in [1.165, 1.54) is 6.08 Å². The van der Waals surface area contributed by atoms with Crippen LogP contribution in [-0.4, -0.2) is 23.8 Å². The van der Waals surface area contributed by atoms with Crippen LogP contribution in [0, 0.1) is 5.82 Å². The predicted octanol–water partition coefficient (Wildman–Crippen LogP) is 2.26. The summed E-state index contributed by atoms with van der Waals surface area (Å²) in [4.78, 5) is 22.0. The number of carboxylic acid groups (broad SMARTS) is 1. The highest BCUT2D eigenvalue weighted by Crippen LogP contribution is 2.17. The van der Waals surface area contributed by atoms with Crippen LogP contribution in [0.4, 0.5) is 14.9 Å². The Hall–Kier alpha value is -2.37. The van der Waals surface area contributed by atoms with Crippen molar-refractivity contribution >= 4 is 17.7 Å². The first-order valence-electron chi connectivity index (χ1n) is 4.62. The van der Waals surface area contributed by atoms with Gasteiger partial charge in [0, 0.05) is 0 Å². The van der Waals surface area contributed by atoms with Gasteiger partial charge in [0.1, 0.15) is 12.4 Å². The fourth-order valence-corrected chi connectivity index (χ4v) is 1.09. The molecule has 0 aliphatic heterocycles. The third-order valence-corrected chi connectivity index (χ3v) is 1.78. The SMILES string of the molecule is C=CCOC(=O)Nc1cc(F)ccc1C(=O)O. The number of halogens is 1. The molecule has 17 heavy (non-hydrogen) atoms. The zero-order valence-corrected chi connectivity index (χ0v) is 8.77. The van der Waals surface area contributed by atoms with Crippen LogP contribution in [0.2, 0.25) is 0 Å². The van der Waals surface area contributed by atoms with E-state index in [2.05, 4.69) is 16.6 Å². The Morgan fingerprint density at radius 2 is 2.24 bits per heavy atom. The maximum atomic E-state index is 12.9. The molecule has 0 saturated carbocycles. The summed E-state index contributed by atoms with van der Waals surface area (Å²) in [5.41, 5.74) is -0.381. The van der Waals surface area contributed by atoms with E-state index in [0.29, 0.717) is 0 Å². The fraction of sp³-hybridized carbons (Fsp3) is 0.0909. The van der Waals surface area contributed by atoms with Gasteiger partial charge in [0.2, 0.25) is 0 Å². The van der Waals surface area contributed by atoms with Crippen LogP contribution < -0.4 is 5.32 Å². The maximum Gasteiger partial charge on any atom is 0.411 e. The molecule has 1 amide bonds. The summed E-state index contributed by atoms with van der Waals surface area (Å²) >= 11 is 0. The third-order valence-electron chi connectivity index (χ3n) is 1.78. The molecule has 0 fully saturated rings. The van der Waals surface area contributed by atoms with Crippen molar-refractivity contribution < 1.29 is 23.8 Å². The van der Waals surface area contributed by atoms with Gasteiger partial charge in [0.25, 0.3) is 0 Å². The Balaban J connectivity index is 2.88. The average Bonchev–Trinajstić information content (AvgIpc) is 2.26. The van der Waals surface area contributed by atoms with Gasteiger partial charge >= 0.3 is 12.1 Å². The molecule has 90 valence electrons. The number of ether oxygens (including phenoxy) is 1. The Morgan fingerprint density at radius 3 is 2.82 bits per heavy atom. The van der Waals surface area contributed by atoms with Gasteiger partial charge in [0.05, 0.1) is 11.3 Å². The van der Waals surface area contributed by atoms with E-state index >= 15 is 0 Å². The first-order chi connectivity index (χ1) is 8.04. The Labute approximate surface area is 96.5 Å².